The Kier molecular flexibility index (Phi) is 5.23. The van der Waals surface area contributed by atoms with Crippen LogP contribution in [0.5, 0.6) is 0 Å². The van der Waals surface area contributed by atoms with Gasteiger partial charge in [-0.2, -0.15) is 0 Å². The number of hydrazine groups is 1. The zero-order valence-corrected chi connectivity index (χ0v) is 15.0. The number of rotatable bonds is 6. The van der Waals surface area contributed by atoms with Gasteiger partial charge in [-0.25, -0.2) is 8.42 Å². The van der Waals surface area contributed by atoms with Gasteiger partial charge in [0.05, 0.1) is 20.8 Å². The van der Waals surface area contributed by atoms with Crippen molar-refractivity contribution in [2.24, 2.45) is 0 Å². The van der Waals surface area contributed by atoms with Crippen LogP contribution in [0.1, 0.15) is 16.7 Å². The van der Waals surface area contributed by atoms with Crippen molar-refractivity contribution < 1.29 is 18.3 Å². The van der Waals surface area contributed by atoms with Crippen molar-refractivity contribution in [3.05, 3.63) is 67.3 Å². The van der Waals surface area contributed by atoms with Crippen molar-refractivity contribution in [2.75, 3.05) is 5.43 Å². The first-order valence-corrected chi connectivity index (χ1v) is 8.79. The molecule has 0 aliphatic rings. The second-order valence-corrected chi connectivity index (χ2v) is 7.29. The van der Waals surface area contributed by atoms with Crippen LogP contribution in [0.4, 0.5) is 17.1 Å². The van der Waals surface area contributed by atoms with Crippen molar-refractivity contribution in [3.63, 3.8) is 0 Å². The summed E-state index contributed by atoms with van der Waals surface area (Å²) in [5, 5.41) is 21.8. The highest BCUT2D eigenvalue weighted by Crippen LogP contribution is 2.29. The number of hydrogen-bond acceptors (Lipinski definition) is 7. The van der Waals surface area contributed by atoms with E-state index < -0.39 is 31.2 Å². The van der Waals surface area contributed by atoms with Crippen LogP contribution >= 0.6 is 0 Å². The predicted molar refractivity (Wildman–Crippen MR) is 94.3 cm³/mol. The Labute approximate surface area is 149 Å². The van der Waals surface area contributed by atoms with Crippen LogP contribution in [0.25, 0.3) is 0 Å². The molecule has 2 N–H and O–H groups in total. The average molecular weight is 380 g/mol. The number of hydrogen-bond donors (Lipinski definition) is 2. The molecular formula is C15H16N4O6S. The van der Waals surface area contributed by atoms with E-state index in [-0.39, 0.29) is 10.6 Å². The molecule has 0 unspecified atom stereocenters. The molecule has 0 saturated carbocycles. The molecular weight excluding hydrogens is 364 g/mol. The zero-order valence-electron chi connectivity index (χ0n) is 14.1. The third kappa shape index (κ3) is 3.95. The summed E-state index contributed by atoms with van der Waals surface area (Å²) >= 11 is 0. The molecule has 0 atom stereocenters. The Morgan fingerprint density at radius 3 is 2.00 bits per heavy atom. The van der Waals surface area contributed by atoms with E-state index in [9.17, 15) is 28.6 Å². The molecule has 0 heterocycles. The molecule has 26 heavy (non-hydrogen) atoms. The van der Waals surface area contributed by atoms with Crippen molar-refractivity contribution >= 4 is 27.1 Å². The van der Waals surface area contributed by atoms with E-state index >= 15 is 0 Å². The van der Waals surface area contributed by atoms with Gasteiger partial charge in [0.15, 0.2) is 0 Å². The summed E-state index contributed by atoms with van der Waals surface area (Å²) in [5.74, 6) is 0. The van der Waals surface area contributed by atoms with Crippen LogP contribution in [0.15, 0.2) is 35.2 Å². The SMILES string of the molecule is Cc1cc(C)c(S(=O)(=O)NNc2ccc([N+](=O)[O-])cc2[N+](=O)[O-])c(C)c1. The summed E-state index contributed by atoms with van der Waals surface area (Å²) in [5.41, 5.74) is 2.90. The molecule has 0 radical (unpaired) electrons. The lowest BCUT2D eigenvalue weighted by atomic mass is 10.1. The predicted octanol–water partition coefficient (Wildman–Crippen LogP) is 2.73. The maximum atomic E-state index is 12.6. The van der Waals surface area contributed by atoms with Gasteiger partial charge < -0.3 is 5.43 Å². The lowest BCUT2D eigenvalue weighted by Crippen LogP contribution is -2.31. The van der Waals surface area contributed by atoms with Gasteiger partial charge in [-0.15, -0.1) is 4.83 Å². The highest BCUT2D eigenvalue weighted by atomic mass is 32.2. The van der Waals surface area contributed by atoms with Gasteiger partial charge in [0, 0.05) is 6.07 Å². The van der Waals surface area contributed by atoms with E-state index in [1.807, 2.05) is 6.92 Å². The Bertz CT molecular complexity index is 980. The van der Waals surface area contributed by atoms with Crippen molar-refractivity contribution in [3.8, 4) is 0 Å². The Morgan fingerprint density at radius 1 is 0.923 bits per heavy atom. The number of benzene rings is 2. The van der Waals surface area contributed by atoms with Gasteiger partial charge >= 0.3 is 5.69 Å². The van der Waals surface area contributed by atoms with Gasteiger partial charge in [-0.1, -0.05) is 17.7 Å². The Hall–Kier alpha value is -3.05. The molecule has 11 heteroatoms. The summed E-state index contributed by atoms with van der Waals surface area (Å²) in [4.78, 5) is 22.4. The van der Waals surface area contributed by atoms with E-state index in [1.165, 1.54) is 0 Å². The topological polar surface area (TPSA) is 144 Å². The molecule has 0 fully saturated rings. The summed E-state index contributed by atoms with van der Waals surface area (Å²) < 4.78 is 25.1. The van der Waals surface area contributed by atoms with E-state index in [2.05, 4.69) is 10.3 Å². The first kappa shape index (κ1) is 19.3. The summed E-state index contributed by atoms with van der Waals surface area (Å²) in [6.07, 6.45) is 0. The summed E-state index contributed by atoms with van der Waals surface area (Å²) in [6, 6.07) is 6.25. The number of aryl methyl sites for hydroxylation is 3. The van der Waals surface area contributed by atoms with E-state index in [1.54, 1.807) is 26.0 Å². The second kappa shape index (κ2) is 7.06. The van der Waals surface area contributed by atoms with Gasteiger partial charge in [0.2, 0.25) is 0 Å². The monoisotopic (exact) mass is 380 g/mol. The maximum Gasteiger partial charge on any atom is 0.300 e. The van der Waals surface area contributed by atoms with Crippen LogP contribution in [0, 0.1) is 41.0 Å². The molecule has 138 valence electrons. The summed E-state index contributed by atoms with van der Waals surface area (Å²) in [7, 11) is -4.02. The van der Waals surface area contributed by atoms with Gasteiger partial charge in [-0.3, -0.25) is 20.2 Å². The van der Waals surface area contributed by atoms with E-state index in [4.69, 9.17) is 0 Å². The fourth-order valence-electron chi connectivity index (χ4n) is 2.65. The first-order chi connectivity index (χ1) is 12.0. The van der Waals surface area contributed by atoms with Crippen LogP contribution in [-0.2, 0) is 10.0 Å². The van der Waals surface area contributed by atoms with Crippen molar-refractivity contribution in [2.45, 2.75) is 25.7 Å². The van der Waals surface area contributed by atoms with Gasteiger partial charge in [0.1, 0.15) is 5.69 Å². The third-order valence-corrected chi connectivity index (χ3v) is 5.13. The number of nitro benzene ring substituents is 2. The zero-order chi connectivity index (χ0) is 19.6. The number of nitrogens with zero attached hydrogens (tertiary/aromatic N) is 2. The fourth-order valence-corrected chi connectivity index (χ4v) is 3.97. The molecule has 2 rings (SSSR count). The summed E-state index contributed by atoms with van der Waals surface area (Å²) in [6.45, 7) is 5.12. The molecule has 0 aliphatic carbocycles. The third-order valence-electron chi connectivity index (χ3n) is 3.58. The lowest BCUT2D eigenvalue weighted by Gasteiger charge is -2.14. The molecule has 2 aromatic rings. The van der Waals surface area contributed by atoms with Crippen molar-refractivity contribution in [1.29, 1.82) is 0 Å². The smallest absolute Gasteiger partial charge is 0.300 e. The second-order valence-electron chi connectivity index (χ2n) is 5.67. The van der Waals surface area contributed by atoms with Crippen LogP contribution in [-0.4, -0.2) is 18.3 Å². The van der Waals surface area contributed by atoms with E-state index in [0.717, 1.165) is 23.8 Å². The van der Waals surface area contributed by atoms with Crippen LogP contribution in [0.3, 0.4) is 0 Å². The molecule has 0 spiro atoms. The molecule has 10 nitrogen and oxygen atoms in total. The minimum atomic E-state index is -4.02. The standard InChI is InChI=1S/C15H16N4O6S/c1-9-6-10(2)15(11(3)7-9)26(24,25)17-16-13-5-4-12(18(20)21)8-14(13)19(22)23/h4-8,16-17H,1-3H3. The number of non-ortho nitro benzene ring substituents is 1. The van der Waals surface area contributed by atoms with Gasteiger partial charge in [-0.05, 0) is 38.0 Å². The Morgan fingerprint density at radius 2 is 1.50 bits per heavy atom. The average Bonchev–Trinajstić information content (AvgIpc) is 2.51. The normalized spacial score (nSPS) is 11.2. The molecule has 0 aliphatic heterocycles. The maximum absolute atomic E-state index is 12.6. The van der Waals surface area contributed by atoms with Gasteiger partial charge in [0.25, 0.3) is 15.7 Å². The number of sulfonamides is 1. The van der Waals surface area contributed by atoms with Crippen molar-refractivity contribution in [1.82, 2.24) is 4.83 Å². The minimum absolute atomic E-state index is 0.0557. The minimum Gasteiger partial charge on any atom is -0.302 e. The molecule has 0 aromatic heterocycles. The largest absolute Gasteiger partial charge is 0.302 e. The highest BCUT2D eigenvalue weighted by molar-refractivity contribution is 7.89. The number of nitro groups is 2. The van der Waals surface area contributed by atoms with Crippen LogP contribution < -0.4 is 10.3 Å². The molecule has 2 aromatic carbocycles. The van der Waals surface area contributed by atoms with Crippen LogP contribution in [0.2, 0.25) is 0 Å². The number of nitrogens with one attached hydrogen (secondary N) is 2. The molecule has 0 bridgehead atoms. The number of anilines is 1. The lowest BCUT2D eigenvalue weighted by molar-refractivity contribution is -0.393. The molecule has 0 saturated heterocycles. The molecule has 0 amide bonds. The van der Waals surface area contributed by atoms with E-state index in [0.29, 0.717) is 11.1 Å². The first-order valence-electron chi connectivity index (χ1n) is 7.31. The quantitative estimate of drug-likeness (QED) is 0.579. The fraction of sp³-hybridized carbons (Fsp3) is 0.200. The highest BCUT2D eigenvalue weighted by Gasteiger charge is 2.23. The Balaban J connectivity index is 2.36.